The summed E-state index contributed by atoms with van der Waals surface area (Å²) in [6.07, 6.45) is 0. The lowest BCUT2D eigenvalue weighted by atomic mass is 10.2. The number of benzene rings is 3. The Labute approximate surface area is 184 Å². The Morgan fingerprint density at radius 3 is 2.41 bits per heavy atom. The van der Waals surface area contributed by atoms with Crippen molar-refractivity contribution < 1.29 is 13.9 Å². The summed E-state index contributed by atoms with van der Waals surface area (Å²) < 4.78 is 24.9. The van der Waals surface area contributed by atoms with E-state index in [1.54, 1.807) is 24.3 Å². The SMILES string of the molecule is CCOc1cc(CNc2ccc(F)c(Cl)c2)ccc1OCc1ccc(Cl)cc1Cl. The molecule has 0 unspecified atom stereocenters. The zero-order valence-corrected chi connectivity index (χ0v) is 17.9. The number of hydrogen-bond donors (Lipinski definition) is 1. The van der Waals surface area contributed by atoms with E-state index in [1.807, 2.05) is 31.2 Å². The lowest BCUT2D eigenvalue weighted by molar-refractivity contribution is 0.269. The summed E-state index contributed by atoms with van der Waals surface area (Å²) in [5.74, 6) is 0.804. The number of nitrogens with one attached hydrogen (secondary N) is 1. The van der Waals surface area contributed by atoms with E-state index in [9.17, 15) is 4.39 Å². The highest BCUT2D eigenvalue weighted by Gasteiger charge is 2.09. The number of hydrogen-bond acceptors (Lipinski definition) is 3. The third-order valence-corrected chi connectivity index (χ3v) is 5.00. The molecule has 3 nitrogen and oxygen atoms in total. The van der Waals surface area contributed by atoms with Gasteiger partial charge >= 0.3 is 0 Å². The largest absolute Gasteiger partial charge is 0.490 e. The van der Waals surface area contributed by atoms with Crippen LogP contribution >= 0.6 is 34.8 Å². The van der Waals surface area contributed by atoms with Gasteiger partial charge in [-0.25, -0.2) is 4.39 Å². The quantitative estimate of drug-likeness (QED) is 0.385. The summed E-state index contributed by atoms with van der Waals surface area (Å²) in [5.41, 5.74) is 2.54. The van der Waals surface area contributed by atoms with Gasteiger partial charge in [0.1, 0.15) is 12.4 Å². The van der Waals surface area contributed by atoms with Crippen molar-refractivity contribution in [3.05, 3.63) is 86.6 Å². The van der Waals surface area contributed by atoms with Crippen molar-refractivity contribution in [1.82, 2.24) is 0 Å². The second-order valence-electron chi connectivity index (χ2n) is 6.22. The molecule has 1 N–H and O–H groups in total. The van der Waals surface area contributed by atoms with Gasteiger partial charge in [0.05, 0.1) is 11.6 Å². The van der Waals surface area contributed by atoms with E-state index < -0.39 is 5.82 Å². The van der Waals surface area contributed by atoms with Gasteiger partial charge in [-0.05, 0) is 55.0 Å². The maximum Gasteiger partial charge on any atom is 0.161 e. The average molecular weight is 455 g/mol. The summed E-state index contributed by atoms with van der Waals surface area (Å²) in [5, 5.41) is 4.42. The minimum atomic E-state index is -0.446. The number of anilines is 1. The van der Waals surface area contributed by atoms with Gasteiger partial charge in [0, 0.05) is 27.8 Å². The summed E-state index contributed by atoms with van der Waals surface area (Å²) in [6.45, 7) is 3.22. The molecule has 29 heavy (non-hydrogen) atoms. The van der Waals surface area contributed by atoms with E-state index in [-0.39, 0.29) is 5.02 Å². The highest BCUT2D eigenvalue weighted by molar-refractivity contribution is 6.35. The Morgan fingerprint density at radius 2 is 1.69 bits per heavy atom. The van der Waals surface area contributed by atoms with Gasteiger partial charge in [-0.1, -0.05) is 46.9 Å². The first-order chi connectivity index (χ1) is 14.0. The van der Waals surface area contributed by atoms with Crippen molar-refractivity contribution in [2.45, 2.75) is 20.1 Å². The molecule has 0 aliphatic rings. The number of rotatable bonds is 8. The molecule has 0 saturated heterocycles. The molecular formula is C22H19Cl3FNO2. The second kappa shape index (κ2) is 10.1. The first-order valence-electron chi connectivity index (χ1n) is 8.97. The Hall–Kier alpha value is -2.14. The van der Waals surface area contributed by atoms with Gasteiger partial charge in [0.25, 0.3) is 0 Å². The lowest BCUT2D eigenvalue weighted by Gasteiger charge is -2.15. The monoisotopic (exact) mass is 453 g/mol. The molecule has 7 heteroatoms. The zero-order chi connectivity index (χ0) is 20.8. The summed E-state index contributed by atoms with van der Waals surface area (Å²) in [7, 11) is 0. The van der Waals surface area contributed by atoms with Crippen molar-refractivity contribution in [3.63, 3.8) is 0 Å². The fraction of sp³-hybridized carbons (Fsp3) is 0.182. The normalized spacial score (nSPS) is 10.7. The van der Waals surface area contributed by atoms with Gasteiger partial charge in [0.2, 0.25) is 0 Å². The van der Waals surface area contributed by atoms with Crippen molar-refractivity contribution in [2.75, 3.05) is 11.9 Å². The fourth-order valence-electron chi connectivity index (χ4n) is 2.65. The molecule has 0 saturated carbocycles. The minimum Gasteiger partial charge on any atom is -0.490 e. The molecule has 0 heterocycles. The van der Waals surface area contributed by atoms with E-state index >= 15 is 0 Å². The Morgan fingerprint density at radius 1 is 0.862 bits per heavy atom. The van der Waals surface area contributed by atoms with Crippen molar-refractivity contribution >= 4 is 40.5 Å². The first-order valence-corrected chi connectivity index (χ1v) is 10.1. The van der Waals surface area contributed by atoms with Gasteiger partial charge in [-0.3, -0.25) is 0 Å². The third-order valence-electron chi connectivity index (χ3n) is 4.12. The smallest absolute Gasteiger partial charge is 0.161 e. The molecule has 3 rings (SSSR count). The van der Waals surface area contributed by atoms with Crippen LogP contribution in [0.5, 0.6) is 11.5 Å². The van der Waals surface area contributed by atoms with E-state index in [0.29, 0.717) is 41.3 Å². The predicted octanol–water partition coefficient (Wildman–Crippen LogP) is 7.38. The van der Waals surface area contributed by atoms with Crippen molar-refractivity contribution in [1.29, 1.82) is 0 Å². The molecule has 0 amide bonds. The van der Waals surface area contributed by atoms with Crippen LogP contribution in [0.2, 0.25) is 15.1 Å². The predicted molar refractivity (Wildman–Crippen MR) is 117 cm³/mol. The van der Waals surface area contributed by atoms with Crippen LogP contribution in [0.1, 0.15) is 18.1 Å². The third kappa shape index (κ3) is 5.92. The van der Waals surface area contributed by atoms with E-state index in [0.717, 1.165) is 16.8 Å². The molecule has 0 aliphatic carbocycles. The highest BCUT2D eigenvalue weighted by atomic mass is 35.5. The highest BCUT2D eigenvalue weighted by Crippen LogP contribution is 2.31. The molecule has 152 valence electrons. The molecule has 0 radical (unpaired) electrons. The lowest BCUT2D eigenvalue weighted by Crippen LogP contribution is -2.03. The molecule has 3 aromatic rings. The van der Waals surface area contributed by atoms with Crippen molar-refractivity contribution in [2.24, 2.45) is 0 Å². The Balaban J connectivity index is 1.69. The van der Waals surface area contributed by atoms with Gasteiger partial charge in [-0.2, -0.15) is 0 Å². The number of halogens is 4. The summed E-state index contributed by atoms with van der Waals surface area (Å²) in [6, 6.07) is 15.5. The average Bonchev–Trinajstić information content (AvgIpc) is 2.69. The van der Waals surface area contributed by atoms with Crippen LogP contribution < -0.4 is 14.8 Å². The molecule has 0 spiro atoms. The van der Waals surface area contributed by atoms with E-state index in [2.05, 4.69) is 5.32 Å². The molecule has 0 atom stereocenters. The minimum absolute atomic E-state index is 0.0783. The standard InChI is InChI=1S/C22H19Cl3FNO2/c1-2-28-22-9-14(12-27-17-6-7-20(26)19(25)11-17)3-8-21(22)29-13-15-4-5-16(23)10-18(15)24/h3-11,27H,2,12-13H2,1H3. The van der Waals surface area contributed by atoms with E-state index in [1.165, 1.54) is 6.07 Å². The van der Waals surface area contributed by atoms with E-state index in [4.69, 9.17) is 44.3 Å². The van der Waals surface area contributed by atoms with Crippen LogP contribution in [-0.2, 0) is 13.2 Å². The molecule has 0 bridgehead atoms. The van der Waals surface area contributed by atoms with Crippen LogP contribution in [-0.4, -0.2) is 6.61 Å². The Bertz CT molecular complexity index is 998. The van der Waals surface area contributed by atoms with Gasteiger partial charge in [-0.15, -0.1) is 0 Å². The topological polar surface area (TPSA) is 30.5 Å². The summed E-state index contributed by atoms with van der Waals surface area (Å²) >= 11 is 18.0. The Kier molecular flexibility index (Phi) is 7.48. The second-order valence-corrected chi connectivity index (χ2v) is 7.47. The van der Waals surface area contributed by atoms with Crippen LogP contribution in [0.3, 0.4) is 0 Å². The molecule has 0 aliphatic heterocycles. The number of ether oxygens (including phenoxy) is 2. The van der Waals surface area contributed by atoms with Crippen LogP contribution in [0.15, 0.2) is 54.6 Å². The maximum atomic E-state index is 13.3. The van der Waals surface area contributed by atoms with Gasteiger partial charge in [0.15, 0.2) is 11.5 Å². The summed E-state index contributed by atoms with van der Waals surface area (Å²) in [4.78, 5) is 0. The fourth-order valence-corrected chi connectivity index (χ4v) is 3.30. The van der Waals surface area contributed by atoms with Crippen molar-refractivity contribution in [3.8, 4) is 11.5 Å². The molecule has 3 aromatic carbocycles. The molecular weight excluding hydrogens is 436 g/mol. The van der Waals surface area contributed by atoms with Gasteiger partial charge < -0.3 is 14.8 Å². The van der Waals surface area contributed by atoms with Crippen LogP contribution in [0.25, 0.3) is 0 Å². The zero-order valence-electron chi connectivity index (χ0n) is 15.6. The van der Waals surface area contributed by atoms with Crippen LogP contribution in [0, 0.1) is 5.82 Å². The van der Waals surface area contributed by atoms with Crippen LogP contribution in [0.4, 0.5) is 10.1 Å². The maximum absolute atomic E-state index is 13.3. The first kappa shape index (κ1) is 21.6. The molecule has 0 aromatic heterocycles. The molecule has 0 fully saturated rings.